The van der Waals surface area contributed by atoms with Crippen LogP contribution in [0.25, 0.3) is 0 Å². The van der Waals surface area contributed by atoms with Gasteiger partial charge in [0.05, 0.1) is 6.04 Å². The van der Waals surface area contributed by atoms with Crippen LogP contribution < -0.4 is 17.4 Å². The zero-order chi connectivity index (χ0) is 12.7. The number of hydrazine groups is 2. The van der Waals surface area contributed by atoms with Gasteiger partial charge in [-0.3, -0.25) is 11.7 Å². The van der Waals surface area contributed by atoms with Crippen molar-refractivity contribution in [1.29, 1.82) is 0 Å². The van der Waals surface area contributed by atoms with Gasteiger partial charge in [-0.1, -0.05) is 32.4 Å². The highest BCUT2D eigenvalue weighted by molar-refractivity contribution is 5.13. The molecule has 0 aliphatic heterocycles. The predicted molar refractivity (Wildman–Crippen MR) is 70.1 cm³/mol. The summed E-state index contributed by atoms with van der Waals surface area (Å²) in [6.45, 7) is 8.47. The fourth-order valence-electron chi connectivity index (χ4n) is 1.79. The molecule has 0 aromatic rings. The van der Waals surface area contributed by atoms with Gasteiger partial charge in [-0.2, -0.15) is 5.12 Å². The molecule has 16 heavy (non-hydrogen) atoms. The van der Waals surface area contributed by atoms with E-state index in [0.29, 0.717) is 5.92 Å². The fraction of sp³-hybridized carbons (Fsp3) is 0.833. The molecule has 0 saturated heterocycles. The maximum absolute atomic E-state index is 6.16. The summed E-state index contributed by atoms with van der Waals surface area (Å²) in [5, 5.41) is 1.20. The van der Waals surface area contributed by atoms with Crippen molar-refractivity contribution in [3.8, 4) is 0 Å². The standard InChI is InChI=1S/C12H28N4/c1-5-10(6-2)8-11(7-3)12(13)9(4)16(14)15/h8-10,12H,5-7,13-15H2,1-4H3/b11-8+. The van der Waals surface area contributed by atoms with Gasteiger partial charge in [0, 0.05) is 6.04 Å². The zero-order valence-electron chi connectivity index (χ0n) is 11.1. The summed E-state index contributed by atoms with van der Waals surface area (Å²) in [4.78, 5) is 0. The second kappa shape index (κ2) is 7.79. The lowest BCUT2D eigenvalue weighted by atomic mass is 9.92. The molecule has 2 atom stereocenters. The second-order valence-corrected chi connectivity index (χ2v) is 4.39. The molecule has 0 radical (unpaired) electrons. The van der Waals surface area contributed by atoms with Crippen LogP contribution in [0.2, 0.25) is 0 Å². The largest absolute Gasteiger partial charge is 0.323 e. The molecule has 0 spiro atoms. The molecule has 0 rings (SSSR count). The number of rotatable bonds is 7. The number of nitrogens with two attached hydrogens (primary N) is 3. The minimum atomic E-state index is -0.0828. The molecule has 0 heterocycles. The molecule has 0 aliphatic rings. The smallest absolute Gasteiger partial charge is 0.0556 e. The van der Waals surface area contributed by atoms with Crippen LogP contribution >= 0.6 is 0 Å². The van der Waals surface area contributed by atoms with E-state index in [1.807, 2.05) is 6.92 Å². The van der Waals surface area contributed by atoms with Gasteiger partial charge in [0.15, 0.2) is 0 Å². The molecule has 0 amide bonds. The van der Waals surface area contributed by atoms with Gasteiger partial charge in [0.1, 0.15) is 0 Å². The first kappa shape index (κ1) is 15.6. The highest BCUT2D eigenvalue weighted by Crippen LogP contribution is 2.17. The van der Waals surface area contributed by atoms with E-state index in [1.54, 1.807) is 0 Å². The Labute approximate surface area is 99.8 Å². The Bertz CT molecular complexity index is 209. The fourth-order valence-corrected chi connectivity index (χ4v) is 1.79. The van der Waals surface area contributed by atoms with E-state index in [0.717, 1.165) is 19.3 Å². The summed E-state index contributed by atoms with van der Waals surface area (Å²) >= 11 is 0. The first-order valence-electron chi connectivity index (χ1n) is 6.22. The van der Waals surface area contributed by atoms with Crippen LogP contribution in [0.1, 0.15) is 47.0 Å². The molecule has 0 aliphatic carbocycles. The molecule has 0 bridgehead atoms. The van der Waals surface area contributed by atoms with Gasteiger partial charge in [0.25, 0.3) is 0 Å². The number of hydrogen-bond donors (Lipinski definition) is 3. The average Bonchev–Trinajstić information content (AvgIpc) is 2.29. The highest BCUT2D eigenvalue weighted by atomic mass is 15.6. The van der Waals surface area contributed by atoms with Crippen molar-refractivity contribution in [2.45, 2.75) is 59.0 Å². The van der Waals surface area contributed by atoms with E-state index in [9.17, 15) is 0 Å². The first-order valence-corrected chi connectivity index (χ1v) is 6.22. The van der Waals surface area contributed by atoms with E-state index >= 15 is 0 Å². The zero-order valence-corrected chi connectivity index (χ0v) is 11.1. The Balaban J connectivity index is 4.70. The third kappa shape index (κ3) is 4.61. The Hall–Kier alpha value is -0.420. The Morgan fingerprint density at radius 1 is 1.19 bits per heavy atom. The van der Waals surface area contributed by atoms with Crippen LogP contribution in [0.5, 0.6) is 0 Å². The lowest BCUT2D eigenvalue weighted by Gasteiger charge is -2.27. The Morgan fingerprint density at radius 3 is 2.00 bits per heavy atom. The third-order valence-electron chi connectivity index (χ3n) is 3.32. The molecule has 0 saturated carbocycles. The molecule has 4 heteroatoms. The van der Waals surface area contributed by atoms with Crippen molar-refractivity contribution >= 4 is 0 Å². The Morgan fingerprint density at radius 2 is 1.69 bits per heavy atom. The number of nitrogens with zero attached hydrogens (tertiary/aromatic N) is 1. The van der Waals surface area contributed by atoms with Crippen LogP contribution in [-0.2, 0) is 0 Å². The molecule has 2 unspecified atom stereocenters. The second-order valence-electron chi connectivity index (χ2n) is 4.39. The van der Waals surface area contributed by atoms with Gasteiger partial charge in [-0.15, -0.1) is 0 Å². The van der Waals surface area contributed by atoms with Gasteiger partial charge in [0.2, 0.25) is 0 Å². The van der Waals surface area contributed by atoms with Gasteiger partial charge >= 0.3 is 0 Å². The number of hydrogen-bond acceptors (Lipinski definition) is 4. The van der Waals surface area contributed by atoms with Crippen LogP contribution in [0.4, 0.5) is 0 Å². The molecule has 6 N–H and O–H groups in total. The SMILES string of the molecule is CC/C(=C\C(CC)CC)C(N)C(C)N(N)N. The summed E-state index contributed by atoms with van der Waals surface area (Å²) in [5.41, 5.74) is 7.41. The van der Waals surface area contributed by atoms with Crippen LogP contribution in [0.3, 0.4) is 0 Å². The van der Waals surface area contributed by atoms with E-state index < -0.39 is 0 Å². The number of allylic oxidation sites excluding steroid dienone is 1. The van der Waals surface area contributed by atoms with E-state index in [4.69, 9.17) is 17.4 Å². The predicted octanol–water partition coefficient (Wildman–Crippen LogP) is 1.52. The molecule has 0 aromatic carbocycles. The topological polar surface area (TPSA) is 81.3 Å². The van der Waals surface area contributed by atoms with Gasteiger partial charge < -0.3 is 5.73 Å². The van der Waals surface area contributed by atoms with Crippen LogP contribution in [0, 0.1) is 5.92 Å². The summed E-state index contributed by atoms with van der Waals surface area (Å²) in [6.07, 6.45) is 5.55. The third-order valence-corrected chi connectivity index (χ3v) is 3.32. The lowest BCUT2D eigenvalue weighted by Crippen LogP contribution is -2.54. The molecular weight excluding hydrogens is 200 g/mol. The van der Waals surface area contributed by atoms with Crippen LogP contribution in [-0.4, -0.2) is 17.2 Å². The quantitative estimate of drug-likeness (QED) is 0.350. The van der Waals surface area contributed by atoms with E-state index in [2.05, 4.69) is 26.8 Å². The van der Waals surface area contributed by atoms with Gasteiger partial charge in [-0.05, 0) is 32.1 Å². The van der Waals surface area contributed by atoms with Crippen LogP contribution in [0.15, 0.2) is 11.6 Å². The maximum atomic E-state index is 6.16. The summed E-state index contributed by atoms with van der Waals surface area (Å²) in [6, 6.07) is -0.124. The summed E-state index contributed by atoms with van der Waals surface area (Å²) in [5.74, 6) is 11.7. The van der Waals surface area contributed by atoms with Crippen molar-refractivity contribution in [2.75, 3.05) is 0 Å². The Kier molecular flexibility index (Phi) is 7.58. The van der Waals surface area contributed by atoms with Crippen molar-refractivity contribution in [1.82, 2.24) is 5.12 Å². The van der Waals surface area contributed by atoms with E-state index in [-0.39, 0.29) is 12.1 Å². The monoisotopic (exact) mass is 228 g/mol. The normalized spacial score (nSPS) is 16.9. The molecule has 0 aromatic heterocycles. The molecule has 0 fully saturated rings. The lowest BCUT2D eigenvalue weighted by molar-refractivity contribution is 0.201. The van der Waals surface area contributed by atoms with Crippen molar-refractivity contribution in [3.05, 3.63) is 11.6 Å². The molecule has 4 nitrogen and oxygen atoms in total. The van der Waals surface area contributed by atoms with Crippen molar-refractivity contribution in [3.63, 3.8) is 0 Å². The summed E-state index contributed by atoms with van der Waals surface area (Å²) < 4.78 is 0. The highest BCUT2D eigenvalue weighted by Gasteiger charge is 2.19. The first-order chi connectivity index (χ1) is 7.47. The van der Waals surface area contributed by atoms with Gasteiger partial charge in [-0.25, -0.2) is 0 Å². The molecular formula is C12H28N4. The van der Waals surface area contributed by atoms with Crippen molar-refractivity contribution < 1.29 is 0 Å². The maximum Gasteiger partial charge on any atom is 0.0556 e. The minimum Gasteiger partial charge on any atom is -0.323 e. The average molecular weight is 228 g/mol. The summed E-state index contributed by atoms with van der Waals surface area (Å²) in [7, 11) is 0. The molecule has 96 valence electrons. The van der Waals surface area contributed by atoms with E-state index in [1.165, 1.54) is 10.7 Å². The van der Waals surface area contributed by atoms with Crippen molar-refractivity contribution in [2.24, 2.45) is 23.3 Å². The minimum absolute atomic E-state index is 0.0411.